The van der Waals surface area contributed by atoms with E-state index in [0.717, 1.165) is 25.0 Å². The Hall–Kier alpha value is -1.90. The van der Waals surface area contributed by atoms with Gasteiger partial charge in [-0.2, -0.15) is 0 Å². The molecule has 29 heavy (non-hydrogen) atoms. The molecule has 0 unspecified atom stereocenters. The molecule has 0 radical (unpaired) electrons. The first-order valence-corrected chi connectivity index (χ1v) is 9.63. The lowest BCUT2D eigenvalue weighted by Gasteiger charge is -2.39. The van der Waals surface area contributed by atoms with Crippen molar-refractivity contribution >= 4 is 17.7 Å². The molecule has 3 rings (SSSR count). The zero-order chi connectivity index (χ0) is 21.6. The van der Waals surface area contributed by atoms with E-state index in [2.05, 4.69) is 4.74 Å². The van der Waals surface area contributed by atoms with Gasteiger partial charge < -0.3 is 19.1 Å². The zero-order valence-electron chi connectivity index (χ0n) is 16.2. The molecule has 0 N–H and O–H groups in total. The topological polar surface area (TPSA) is 48.0 Å². The Bertz CT molecular complexity index is 767. The van der Waals surface area contributed by atoms with E-state index in [0.29, 0.717) is 12.8 Å². The van der Waals surface area contributed by atoms with E-state index in [-0.39, 0.29) is 12.1 Å². The number of benzene rings is 1. The van der Waals surface area contributed by atoms with Gasteiger partial charge in [-0.3, -0.25) is 0 Å². The molecule has 2 bridgehead atoms. The quantitative estimate of drug-likeness (QED) is 0.568. The normalized spacial score (nSPS) is 24.4. The van der Waals surface area contributed by atoms with Crippen molar-refractivity contribution in [3.05, 3.63) is 23.0 Å². The Morgan fingerprint density at radius 3 is 2.24 bits per heavy atom. The highest BCUT2D eigenvalue weighted by Crippen LogP contribution is 2.40. The number of fused-ring (bicyclic) bond motifs is 2. The van der Waals surface area contributed by atoms with Crippen LogP contribution in [0.3, 0.4) is 0 Å². The van der Waals surface area contributed by atoms with Gasteiger partial charge in [0.25, 0.3) is 0 Å². The molecule has 0 aliphatic carbocycles. The number of amides is 1. The third-order valence-corrected chi connectivity index (χ3v) is 5.06. The van der Waals surface area contributed by atoms with Gasteiger partial charge in [-0.05, 0) is 33.6 Å². The largest absolute Gasteiger partial charge is 0.573 e. The summed E-state index contributed by atoms with van der Waals surface area (Å²) in [5, 5.41) is -0.532. The SMILES string of the molecule is CC(C)(C)OC(=O)N1[C@H]2CC[C@H]1CC(Oc1cc(OC(F)(F)F)cc(Cl)c1F)C2. The van der Waals surface area contributed by atoms with Crippen molar-refractivity contribution in [3.8, 4) is 11.5 Å². The van der Waals surface area contributed by atoms with Gasteiger partial charge in [0.15, 0.2) is 11.6 Å². The molecule has 5 nitrogen and oxygen atoms in total. The third-order valence-electron chi connectivity index (χ3n) is 4.79. The highest BCUT2D eigenvalue weighted by molar-refractivity contribution is 6.31. The summed E-state index contributed by atoms with van der Waals surface area (Å²) in [5.74, 6) is -2.02. The molecular weight excluding hydrogens is 418 g/mol. The van der Waals surface area contributed by atoms with Crippen LogP contribution in [0.1, 0.15) is 46.5 Å². The van der Waals surface area contributed by atoms with Gasteiger partial charge in [0.1, 0.15) is 17.5 Å². The maximum atomic E-state index is 14.3. The number of piperidine rings is 1. The lowest BCUT2D eigenvalue weighted by molar-refractivity contribution is -0.274. The van der Waals surface area contributed by atoms with Crippen LogP contribution in [0.4, 0.5) is 22.4 Å². The van der Waals surface area contributed by atoms with Gasteiger partial charge in [0.05, 0.1) is 5.02 Å². The number of carbonyl (C=O) groups is 1. The van der Waals surface area contributed by atoms with Crippen LogP contribution in [0.25, 0.3) is 0 Å². The molecular formula is C19H22ClF4NO4. The predicted octanol–water partition coefficient (Wildman–Crippen LogP) is 5.69. The Balaban J connectivity index is 1.71. The summed E-state index contributed by atoms with van der Waals surface area (Å²) in [6.07, 6.45) is -3.48. The standard InChI is InChI=1S/C19H22ClF4NO4/c1-18(2,3)29-17(26)25-10-4-5-11(25)7-12(6-10)27-15-9-13(28-19(22,23)24)8-14(20)16(15)21/h8-12H,4-7H2,1-3H3/t10-,11-/m0/s1. The lowest BCUT2D eigenvalue weighted by atomic mass is 10.00. The molecule has 0 saturated carbocycles. The summed E-state index contributed by atoms with van der Waals surface area (Å²) in [4.78, 5) is 14.2. The fourth-order valence-electron chi connectivity index (χ4n) is 3.83. The van der Waals surface area contributed by atoms with E-state index < -0.39 is 46.5 Å². The Kier molecular flexibility index (Phi) is 5.82. The summed E-state index contributed by atoms with van der Waals surface area (Å²) in [6.45, 7) is 5.35. The van der Waals surface area contributed by atoms with Crippen molar-refractivity contribution in [2.75, 3.05) is 0 Å². The van der Waals surface area contributed by atoms with E-state index >= 15 is 0 Å². The summed E-state index contributed by atoms with van der Waals surface area (Å²) in [6, 6.07) is 1.30. The van der Waals surface area contributed by atoms with Gasteiger partial charge in [-0.15, -0.1) is 13.2 Å². The molecule has 162 valence electrons. The lowest BCUT2D eigenvalue weighted by Crippen LogP contribution is -2.50. The number of rotatable bonds is 3. The molecule has 0 spiro atoms. The Labute approximate surface area is 170 Å². The van der Waals surface area contributed by atoms with Crippen LogP contribution >= 0.6 is 11.6 Å². The second-order valence-electron chi connectivity index (χ2n) is 8.25. The molecule has 2 saturated heterocycles. The molecule has 1 amide bonds. The minimum absolute atomic E-state index is 0.137. The predicted molar refractivity (Wildman–Crippen MR) is 96.6 cm³/mol. The smallest absolute Gasteiger partial charge is 0.487 e. The van der Waals surface area contributed by atoms with E-state index in [1.165, 1.54) is 0 Å². The van der Waals surface area contributed by atoms with Gasteiger partial charge in [0, 0.05) is 37.1 Å². The molecule has 10 heteroatoms. The number of hydrogen-bond donors (Lipinski definition) is 0. The van der Waals surface area contributed by atoms with Crippen LogP contribution in [-0.4, -0.2) is 41.1 Å². The second kappa shape index (κ2) is 7.74. The van der Waals surface area contributed by atoms with Gasteiger partial charge >= 0.3 is 12.5 Å². The van der Waals surface area contributed by atoms with E-state index in [1.807, 2.05) is 0 Å². The minimum Gasteiger partial charge on any atom is -0.487 e. The third kappa shape index (κ3) is 5.38. The molecule has 1 aromatic carbocycles. The van der Waals surface area contributed by atoms with Crippen molar-refractivity contribution in [3.63, 3.8) is 0 Å². The summed E-state index contributed by atoms with van der Waals surface area (Å²) < 4.78 is 66.6. The number of nitrogens with zero attached hydrogens (tertiary/aromatic N) is 1. The highest BCUT2D eigenvalue weighted by atomic mass is 35.5. The first kappa shape index (κ1) is 21.8. The fraction of sp³-hybridized carbons (Fsp3) is 0.632. The number of halogens is 5. The molecule has 2 atom stereocenters. The van der Waals surface area contributed by atoms with Crippen LogP contribution in [0.5, 0.6) is 11.5 Å². The summed E-state index contributed by atoms with van der Waals surface area (Å²) >= 11 is 5.69. The van der Waals surface area contributed by atoms with E-state index in [4.69, 9.17) is 21.1 Å². The first-order valence-electron chi connectivity index (χ1n) is 9.25. The van der Waals surface area contributed by atoms with Crippen molar-refractivity contribution < 1.29 is 36.6 Å². The minimum atomic E-state index is -4.93. The van der Waals surface area contributed by atoms with Crippen molar-refractivity contribution in [1.29, 1.82) is 0 Å². The average Bonchev–Trinajstić information content (AvgIpc) is 2.80. The molecule has 1 aromatic rings. The highest BCUT2D eigenvalue weighted by Gasteiger charge is 2.45. The van der Waals surface area contributed by atoms with Gasteiger partial charge in [0.2, 0.25) is 0 Å². The van der Waals surface area contributed by atoms with Crippen LogP contribution in [0, 0.1) is 5.82 Å². The number of carbonyl (C=O) groups excluding carboxylic acids is 1. The molecule has 2 fully saturated rings. The van der Waals surface area contributed by atoms with Crippen molar-refractivity contribution in [1.82, 2.24) is 4.90 Å². The van der Waals surface area contributed by atoms with E-state index in [1.54, 1.807) is 25.7 Å². The second-order valence-corrected chi connectivity index (χ2v) is 8.66. The van der Waals surface area contributed by atoms with Crippen LogP contribution in [-0.2, 0) is 4.74 Å². The Morgan fingerprint density at radius 2 is 1.72 bits per heavy atom. The maximum Gasteiger partial charge on any atom is 0.573 e. The summed E-state index contributed by atoms with van der Waals surface area (Å²) in [7, 11) is 0. The van der Waals surface area contributed by atoms with Crippen molar-refractivity contribution in [2.24, 2.45) is 0 Å². The van der Waals surface area contributed by atoms with Gasteiger partial charge in [-0.1, -0.05) is 11.6 Å². The molecule has 2 heterocycles. The van der Waals surface area contributed by atoms with E-state index in [9.17, 15) is 22.4 Å². The first-order chi connectivity index (χ1) is 13.3. The fourth-order valence-corrected chi connectivity index (χ4v) is 4.03. The van der Waals surface area contributed by atoms with Crippen LogP contribution in [0.2, 0.25) is 5.02 Å². The van der Waals surface area contributed by atoms with Crippen LogP contribution < -0.4 is 9.47 Å². The van der Waals surface area contributed by atoms with Crippen LogP contribution in [0.15, 0.2) is 12.1 Å². The Morgan fingerprint density at radius 1 is 1.14 bits per heavy atom. The van der Waals surface area contributed by atoms with Crippen molar-refractivity contribution in [2.45, 2.75) is 76.6 Å². The molecule has 2 aliphatic heterocycles. The monoisotopic (exact) mass is 439 g/mol. The number of hydrogen-bond acceptors (Lipinski definition) is 4. The zero-order valence-corrected chi connectivity index (χ0v) is 16.9. The number of alkyl halides is 3. The maximum absolute atomic E-state index is 14.3. The average molecular weight is 440 g/mol. The molecule has 2 aliphatic rings. The summed E-state index contributed by atoms with van der Waals surface area (Å²) in [5.41, 5.74) is -0.622. The van der Waals surface area contributed by atoms with Gasteiger partial charge in [-0.25, -0.2) is 9.18 Å². The number of ether oxygens (including phenoxy) is 3. The molecule has 0 aromatic heterocycles.